The Kier molecular flexibility index (Phi) is 4.57. The van der Waals surface area contributed by atoms with E-state index in [0.717, 1.165) is 37.8 Å². The molecule has 1 N–H and O–H groups in total. The molecule has 0 radical (unpaired) electrons. The first-order chi connectivity index (χ1) is 12.6. The molecule has 2 aliphatic rings. The van der Waals surface area contributed by atoms with E-state index in [-0.39, 0.29) is 30.0 Å². The average Bonchev–Trinajstić information content (AvgIpc) is 3.34. The molecule has 2 aliphatic heterocycles. The van der Waals surface area contributed by atoms with Crippen molar-refractivity contribution in [3.8, 4) is 0 Å². The van der Waals surface area contributed by atoms with Crippen molar-refractivity contribution in [2.24, 2.45) is 12.5 Å². The van der Waals surface area contributed by atoms with E-state index in [1.165, 1.54) is 5.56 Å². The SMILES string of the molecule is Cn1nccc1CCC(=O)N1[C@H]2CC[C@@H]1[C@@](CO)(Cc1ccccc1)C2. The molecule has 138 valence electrons. The van der Waals surface area contributed by atoms with Gasteiger partial charge in [0.05, 0.1) is 6.61 Å². The lowest BCUT2D eigenvalue weighted by molar-refractivity contribution is -0.133. The second kappa shape index (κ2) is 6.88. The fraction of sp³-hybridized carbons (Fsp3) is 0.524. The lowest BCUT2D eigenvalue weighted by Gasteiger charge is -2.36. The zero-order valence-electron chi connectivity index (χ0n) is 15.3. The van der Waals surface area contributed by atoms with Gasteiger partial charge in [0.2, 0.25) is 5.91 Å². The first kappa shape index (κ1) is 17.3. The number of aryl methyl sites for hydroxylation is 2. The second-order valence-electron chi connectivity index (χ2n) is 7.88. The zero-order valence-corrected chi connectivity index (χ0v) is 15.3. The topological polar surface area (TPSA) is 58.4 Å². The third-order valence-corrected chi connectivity index (χ3v) is 6.37. The summed E-state index contributed by atoms with van der Waals surface area (Å²) in [6.45, 7) is 0.147. The Labute approximate surface area is 154 Å². The summed E-state index contributed by atoms with van der Waals surface area (Å²) in [5.74, 6) is 0.224. The average molecular weight is 353 g/mol. The molecule has 0 unspecified atom stereocenters. The Morgan fingerprint density at radius 2 is 2.08 bits per heavy atom. The number of rotatable bonds is 6. The van der Waals surface area contributed by atoms with Crippen LogP contribution in [0.2, 0.25) is 0 Å². The van der Waals surface area contributed by atoms with Gasteiger partial charge in [0.1, 0.15) is 0 Å². The Hall–Kier alpha value is -2.14. The fourth-order valence-corrected chi connectivity index (χ4v) is 5.10. The van der Waals surface area contributed by atoms with Crippen LogP contribution in [0, 0.1) is 5.41 Å². The number of hydrogen-bond acceptors (Lipinski definition) is 3. The largest absolute Gasteiger partial charge is 0.396 e. The second-order valence-corrected chi connectivity index (χ2v) is 7.88. The molecule has 0 aliphatic carbocycles. The van der Waals surface area contributed by atoms with Gasteiger partial charge in [-0.1, -0.05) is 30.3 Å². The van der Waals surface area contributed by atoms with Crippen LogP contribution in [0.1, 0.15) is 36.9 Å². The molecule has 2 bridgehead atoms. The third-order valence-electron chi connectivity index (χ3n) is 6.37. The summed E-state index contributed by atoms with van der Waals surface area (Å²) >= 11 is 0. The number of amides is 1. The van der Waals surface area contributed by atoms with Crippen LogP contribution < -0.4 is 0 Å². The molecule has 2 saturated heterocycles. The van der Waals surface area contributed by atoms with Gasteiger partial charge >= 0.3 is 0 Å². The van der Waals surface area contributed by atoms with E-state index in [9.17, 15) is 9.90 Å². The Morgan fingerprint density at radius 3 is 2.77 bits per heavy atom. The molecule has 4 rings (SSSR count). The molecule has 2 fully saturated rings. The quantitative estimate of drug-likeness (QED) is 0.867. The number of benzene rings is 1. The number of nitrogens with zero attached hydrogens (tertiary/aromatic N) is 3. The van der Waals surface area contributed by atoms with E-state index in [2.05, 4.69) is 22.1 Å². The van der Waals surface area contributed by atoms with E-state index in [0.29, 0.717) is 6.42 Å². The minimum Gasteiger partial charge on any atom is -0.396 e. The van der Waals surface area contributed by atoms with Crippen molar-refractivity contribution in [1.29, 1.82) is 0 Å². The Morgan fingerprint density at radius 1 is 1.27 bits per heavy atom. The highest BCUT2D eigenvalue weighted by Crippen LogP contribution is 2.51. The molecule has 26 heavy (non-hydrogen) atoms. The van der Waals surface area contributed by atoms with Crippen LogP contribution in [-0.4, -0.2) is 44.4 Å². The lowest BCUT2D eigenvalue weighted by Crippen LogP contribution is -2.44. The smallest absolute Gasteiger partial charge is 0.223 e. The maximum atomic E-state index is 13.0. The summed E-state index contributed by atoms with van der Waals surface area (Å²) in [5, 5.41) is 14.4. The Balaban J connectivity index is 1.48. The monoisotopic (exact) mass is 353 g/mol. The van der Waals surface area contributed by atoms with Gasteiger partial charge in [-0.05, 0) is 43.7 Å². The van der Waals surface area contributed by atoms with Crippen LogP contribution in [0.4, 0.5) is 0 Å². The number of carbonyl (C=O) groups excluding carboxylic acids is 1. The fourth-order valence-electron chi connectivity index (χ4n) is 5.10. The maximum absolute atomic E-state index is 13.0. The molecular formula is C21H27N3O2. The zero-order chi connectivity index (χ0) is 18.1. The van der Waals surface area contributed by atoms with Crippen LogP contribution >= 0.6 is 0 Å². The van der Waals surface area contributed by atoms with Crippen LogP contribution in [0.5, 0.6) is 0 Å². The highest BCUT2D eigenvalue weighted by molar-refractivity contribution is 5.78. The molecular weight excluding hydrogens is 326 g/mol. The highest BCUT2D eigenvalue weighted by Gasteiger charge is 2.56. The van der Waals surface area contributed by atoms with E-state index in [1.807, 2.05) is 36.0 Å². The van der Waals surface area contributed by atoms with Crippen molar-refractivity contribution in [3.63, 3.8) is 0 Å². The van der Waals surface area contributed by atoms with Crippen LogP contribution in [0.3, 0.4) is 0 Å². The van der Waals surface area contributed by atoms with Gasteiger partial charge in [-0.25, -0.2) is 0 Å². The van der Waals surface area contributed by atoms with E-state index in [1.54, 1.807) is 6.20 Å². The van der Waals surface area contributed by atoms with Crippen molar-refractivity contribution >= 4 is 5.91 Å². The molecule has 2 aromatic rings. The summed E-state index contributed by atoms with van der Waals surface area (Å²) in [6, 6.07) is 12.8. The molecule has 0 saturated carbocycles. The first-order valence-corrected chi connectivity index (χ1v) is 9.56. The number of aliphatic hydroxyl groups excluding tert-OH is 1. The van der Waals surface area contributed by atoms with Crippen LogP contribution in [-0.2, 0) is 24.7 Å². The van der Waals surface area contributed by atoms with Crippen molar-refractivity contribution in [2.45, 2.75) is 50.6 Å². The summed E-state index contributed by atoms with van der Waals surface area (Å²) in [4.78, 5) is 15.1. The van der Waals surface area contributed by atoms with Crippen molar-refractivity contribution in [1.82, 2.24) is 14.7 Å². The third kappa shape index (κ3) is 2.94. The normalized spacial score (nSPS) is 27.2. The minimum absolute atomic E-state index is 0.147. The number of fused-ring (bicyclic) bond motifs is 2. The molecule has 3 atom stereocenters. The predicted molar refractivity (Wildman–Crippen MR) is 99.5 cm³/mol. The van der Waals surface area contributed by atoms with Gasteiger partial charge in [0.25, 0.3) is 0 Å². The van der Waals surface area contributed by atoms with Gasteiger partial charge in [-0.15, -0.1) is 0 Å². The number of hydrogen-bond donors (Lipinski definition) is 1. The van der Waals surface area contributed by atoms with Crippen molar-refractivity contribution < 1.29 is 9.90 Å². The molecule has 3 heterocycles. The van der Waals surface area contributed by atoms with Gasteiger partial charge in [-0.3, -0.25) is 9.48 Å². The molecule has 1 amide bonds. The van der Waals surface area contributed by atoms with E-state index >= 15 is 0 Å². The van der Waals surface area contributed by atoms with Gasteiger partial charge in [-0.2, -0.15) is 5.10 Å². The first-order valence-electron chi connectivity index (χ1n) is 9.56. The minimum atomic E-state index is -0.188. The lowest BCUT2D eigenvalue weighted by atomic mass is 9.70. The van der Waals surface area contributed by atoms with Gasteiger partial charge in [0.15, 0.2) is 0 Å². The summed E-state index contributed by atoms with van der Waals surface area (Å²) in [6.07, 6.45) is 6.84. The van der Waals surface area contributed by atoms with Crippen LogP contribution in [0.15, 0.2) is 42.6 Å². The molecule has 1 aromatic heterocycles. The molecule has 0 spiro atoms. The summed E-state index contributed by atoms with van der Waals surface area (Å²) < 4.78 is 1.83. The predicted octanol–water partition coefficient (Wildman–Crippen LogP) is 2.34. The van der Waals surface area contributed by atoms with Gasteiger partial charge in [0, 0.05) is 42.9 Å². The van der Waals surface area contributed by atoms with Crippen LogP contribution in [0.25, 0.3) is 0 Å². The standard InChI is InChI=1S/C21H27N3O2/c1-23-17(11-12-22-23)8-10-20(26)24-18-7-9-19(24)21(14-18,15-25)13-16-5-3-2-4-6-16/h2-6,11-12,18-19,25H,7-10,13-15H2,1H3/t18-,19+,21-/m0/s1. The van der Waals surface area contributed by atoms with Gasteiger partial charge < -0.3 is 10.0 Å². The number of carbonyl (C=O) groups is 1. The highest BCUT2D eigenvalue weighted by atomic mass is 16.3. The maximum Gasteiger partial charge on any atom is 0.223 e. The van der Waals surface area contributed by atoms with Crippen molar-refractivity contribution in [3.05, 3.63) is 53.9 Å². The number of aliphatic hydroxyl groups is 1. The molecule has 5 heteroatoms. The van der Waals surface area contributed by atoms with Crippen molar-refractivity contribution in [2.75, 3.05) is 6.61 Å². The number of aromatic nitrogens is 2. The molecule has 1 aromatic carbocycles. The van der Waals surface area contributed by atoms with E-state index < -0.39 is 0 Å². The Bertz CT molecular complexity index is 773. The summed E-state index contributed by atoms with van der Waals surface area (Å²) in [5.41, 5.74) is 2.14. The van der Waals surface area contributed by atoms with E-state index in [4.69, 9.17) is 0 Å². The molecule has 5 nitrogen and oxygen atoms in total. The summed E-state index contributed by atoms with van der Waals surface area (Å²) in [7, 11) is 1.91.